The molecule has 3 heterocycles. The van der Waals surface area contributed by atoms with Gasteiger partial charge in [0.1, 0.15) is 12.3 Å². The Hall–Kier alpha value is -3.99. The fourth-order valence-corrected chi connectivity index (χ4v) is 11.1. The summed E-state index contributed by atoms with van der Waals surface area (Å²) in [6.07, 6.45) is 0.640. The summed E-state index contributed by atoms with van der Waals surface area (Å²) in [5.41, 5.74) is 1.08. The van der Waals surface area contributed by atoms with Gasteiger partial charge >= 0.3 is 10.8 Å². The van der Waals surface area contributed by atoms with E-state index >= 15 is 0 Å². The van der Waals surface area contributed by atoms with Gasteiger partial charge in [0.25, 0.3) is 5.91 Å². The molecule has 13 nitrogen and oxygen atoms in total. The highest BCUT2D eigenvalue weighted by atomic mass is 32.2. The summed E-state index contributed by atoms with van der Waals surface area (Å²) in [6, 6.07) is 12.6. The van der Waals surface area contributed by atoms with Gasteiger partial charge in [0, 0.05) is 27.3 Å². The van der Waals surface area contributed by atoms with Gasteiger partial charge in [0.05, 0.1) is 21.8 Å². The number of anilines is 1. The van der Waals surface area contributed by atoms with Crippen molar-refractivity contribution in [2.75, 3.05) is 18.5 Å². The number of thiazole rings is 1. The third-order valence-electron chi connectivity index (χ3n) is 9.19. The van der Waals surface area contributed by atoms with Crippen molar-refractivity contribution in [2.24, 2.45) is 34.7 Å². The summed E-state index contributed by atoms with van der Waals surface area (Å²) < 4.78 is 29.0. The van der Waals surface area contributed by atoms with Crippen LogP contribution in [0.1, 0.15) is 22.8 Å². The summed E-state index contributed by atoms with van der Waals surface area (Å²) in [6.45, 7) is -1.03. The molecule has 4 aliphatic rings. The van der Waals surface area contributed by atoms with E-state index in [0.717, 1.165) is 26.7 Å². The maximum Gasteiger partial charge on any atom is 0.323 e. The van der Waals surface area contributed by atoms with Gasteiger partial charge in [0.15, 0.2) is 6.61 Å². The molecular weight excluding hydrogens is 645 g/mol. The van der Waals surface area contributed by atoms with Gasteiger partial charge in [0.2, 0.25) is 21.8 Å². The summed E-state index contributed by atoms with van der Waals surface area (Å²) in [5.74, 6) is -4.30. The van der Waals surface area contributed by atoms with Crippen molar-refractivity contribution in [2.45, 2.75) is 27.5 Å². The first kappa shape index (κ1) is 29.7. The van der Waals surface area contributed by atoms with Gasteiger partial charge in [-0.15, -0.1) is 11.8 Å². The number of fused-ring (bicyclic) bond motifs is 9. The molecule has 1 saturated heterocycles. The molecule has 3 aromatic rings. The highest BCUT2D eigenvalue weighted by molar-refractivity contribution is 8.00. The lowest BCUT2D eigenvalue weighted by Crippen LogP contribution is -2.42. The molecule has 2 aliphatic carbocycles. The molecule has 2 bridgehead atoms. The number of carboxylic acids is 1. The molecule has 3 fully saturated rings. The zero-order chi connectivity index (χ0) is 31.8. The second-order valence-corrected chi connectivity index (χ2v) is 15.3. The van der Waals surface area contributed by atoms with Crippen LogP contribution in [0, 0.1) is 29.6 Å². The number of hydrogen-bond donors (Lipinski definition) is 4. The fraction of sp³-hybridized carbons (Fsp3) is 0.345. The zero-order valence-corrected chi connectivity index (χ0v) is 25.7. The SMILES string of the molecule is NS(=O)(=O)c1ccc(NC(=O)COc2ccccc2[C@H]2c3sc(=O)[nH]c3SC3C4CC(C5C(=O)N(CC(=O)O)C(=O)C45)C32)cc1. The minimum atomic E-state index is -3.88. The number of H-pyrrole nitrogens is 1. The zero-order valence-electron chi connectivity index (χ0n) is 23.2. The van der Waals surface area contributed by atoms with Crippen LogP contribution < -0.4 is 20.1 Å². The van der Waals surface area contributed by atoms with Gasteiger partial charge in [-0.1, -0.05) is 29.5 Å². The van der Waals surface area contributed by atoms with E-state index in [1.54, 1.807) is 12.1 Å². The van der Waals surface area contributed by atoms with Crippen LogP contribution in [0.4, 0.5) is 5.69 Å². The number of rotatable bonds is 8. The van der Waals surface area contributed by atoms with Crippen LogP contribution in [-0.4, -0.2) is 65.5 Å². The number of nitrogens with zero attached hydrogens (tertiary/aromatic N) is 1. The lowest BCUT2D eigenvalue weighted by Gasteiger charge is -2.43. The molecule has 6 unspecified atom stereocenters. The minimum Gasteiger partial charge on any atom is -0.483 e. The van der Waals surface area contributed by atoms with E-state index in [0.29, 0.717) is 22.9 Å². The number of carbonyl (C=O) groups is 4. The Kier molecular flexibility index (Phi) is 7.14. The molecule has 16 heteroatoms. The standard InChI is InChI=1S/C29H26N4O9S3/c30-45(40,41)13-7-5-12(6-8-13)31-18(34)11-42-17-4-2-1-3-14(17)20-21-15-9-16(24(21)43-26-25(20)44-29(39)32-26)23-22(15)27(37)33(28(23)38)10-19(35)36/h1-8,15-16,20-24H,9-11H2,(H,31,34)(H,32,39)(H,35,36)(H2,30,40,41)/t15?,16?,20-,21?,22?,23?,24?/m1/s1. The number of thioether (sulfide) groups is 1. The second-order valence-electron chi connectivity index (χ2n) is 11.6. The van der Waals surface area contributed by atoms with Crippen LogP contribution in [0.25, 0.3) is 0 Å². The van der Waals surface area contributed by atoms with E-state index in [1.165, 1.54) is 36.0 Å². The van der Waals surface area contributed by atoms with E-state index in [1.807, 2.05) is 12.1 Å². The average molecular weight is 671 g/mol. The summed E-state index contributed by atoms with van der Waals surface area (Å²) in [5, 5.41) is 17.7. The van der Waals surface area contributed by atoms with Crippen LogP contribution in [0.15, 0.2) is 63.2 Å². The third-order valence-corrected chi connectivity index (χ3v) is 12.7. The molecule has 7 rings (SSSR count). The summed E-state index contributed by atoms with van der Waals surface area (Å²) in [4.78, 5) is 67.8. The fourth-order valence-electron chi connectivity index (χ4n) is 7.66. The Bertz CT molecular complexity index is 1920. The van der Waals surface area contributed by atoms with E-state index in [-0.39, 0.29) is 45.3 Å². The Morgan fingerprint density at radius 2 is 1.73 bits per heavy atom. The Morgan fingerprint density at radius 3 is 2.42 bits per heavy atom. The highest BCUT2D eigenvalue weighted by Gasteiger charge is 2.69. The van der Waals surface area contributed by atoms with Crippen molar-refractivity contribution < 1.29 is 37.4 Å². The number of ether oxygens (including phenoxy) is 1. The van der Waals surface area contributed by atoms with Crippen molar-refractivity contribution in [3.63, 3.8) is 0 Å². The number of primary sulfonamides is 1. The number of benzene rings is 2. The number of likely N-dealkylation sites (tertiary alicyclic amines) is 1. The van der Waals surface area contributed by atoms with Crippen LogP contribution in [0.5, 0.6) is 5.75 Å². The van der Waals surface area contributed by atoms with Crippen LogP contribution >= 0.6 is 23.1 Å². The number of nitrogens with two attached hydrogens (primary N) is 1. The topological polar surface area (TPSA) is 206 Å². The number of aliphatic carboxylic acids is 1. The number of sulfonamides is 1. The number of nitrogens with one attached hydrogen (secondary N) is 2. The number of aromatic amines is 1. The van der Waals surface area contributed by atoms with Crippen molar-refractivity contribution in [1.82, 2.24) is 9.88 Å². The van der Waals surface area contributed by atoms with Gasteiger partial charge in [-0.3, -0.25) is 28.9 Å². The molecule has 2 aliphatic heterocycles. The average Bonchev–Trinajstić information content (AvgIpc) is 3.72. The maximum atomic E-state index is 13.4. The van der Waals surface area contributed by atoms with Crippen LogP contribution in [0.2, 0.25) is 0 Å². The van der Waals surface area contributed by atoms with Gasteiger partial charge in [-0.25, -0.2) is 13.6 Å². The molecular formula is C29H26N4O9S3. The number of para-hydroxylation sites is 1. The normalized spacial score (nSPS) is 28.0. The molecule has 3 amide bonds. The molecule has 0 spiro atoms. The van der Waals surface area contributed by atoms with Crippen molar-refractivity contribution in [1.29, 1.82) is 0 Å². The first-order valence-corrected chi connectivity index (χ1v) is 17.3. The summed E-state index contributed by atoms with van der Waals surface area (Å²) >= 11 is 2.60. The van der Waals surface area contributed by atoms with Gasteiger partial charge in [-0.05, 0) is 54.5 Å². The Labute approximate surface area is 264 Å². The molecule has 0 radical (unpaired) electrons. The smallest absolute Gasteiger partial charge is 0.323 e. The molecule has 234 valence electrons. The lowest BCUT2D eigenvalue weighted by atomic mass is 9.68. The first-order chi connectivity index (χ1) is 21.4. The molecule has 2 aromatic carbocycles. The Balaban J connectivity index is 1.17. The van der Waals surface area contributed by atoms with Gasteiger partial charge in [-0.2, -0.15) is 0 Å². The van der Waals surface area contributed by atoms with E-state index < -0.39 is 52.1 Å². The number of aromatic nitrogens is 1. The van der Waals surface area contributed by atoms with Crippen LogP contribution in [0.3, 0.4) is 0 Å². The number of hydrogen-bond acceptors (Lipinski definition) is 10. The third kappa shape index (κ3) is 4.95. The number of carbonyl (C=O) groups excluding carboxylic acids is 3. The molecule has 2 saturated carbocycles. The Morgan fingerprint density at radius 1 is 1.04 bits per heavy atom. The number of carboxylic acid groups (broad SMARTS) is 1. The van der Waals surface area contributed by atoms with E-state index in [2.05, 4.69) is 10.3 Å². The van der Waals surface area contributed by atoms with E-state index in [4.69, 9.17) is 9.88 Å². The van der Waals surface area contributed by atoms with E-state index in [9.17, 15) is 37.5 Å². The molecule has 45 heavy (non-hydrogen) atoms. The van der Waals surface area contributed by atoms with Crippen molar-refractivity contribution in [3.05, 3.63) is 68.6 Å². The quantitative estimate of drug-likeness (QED) is 0.255. The minimum absolute atomic E-state index is 0.0914. The number of imide groups is 1. The first-order valence-electron chi connectivity index (χ1n) is 14.0. The maximum absolute atomic E-state index is 13.4. The van der Waals surface area contributed by atoms with Crippen LogP contribution in [-0.2, 0) is 29.2 Å². The predicted octanol–water partition coefficient (Wildman–Crippen LogP) is 1.66. The largest absolute Gasteiger partial charge is 0.483 e. The summed E-state index contributed by atoms with van der Waals surface area (Å²) in [7, 11) is -3.88. The van der Waals surface area contributed by atoms with Crippen molar-refractivity contribution >= 4 is 62.5 Å². The highest BCUT2D eigenvalue weighted by Crippen LogP contribution is 2.69. The lowest BCUT2D eigenvalue weighted by molar-refractivity contribution is -0.149. The molecule has 1 aromatic heterocycles. The second kappa shape index (κ2) is 10.8. The van der Waals surface area contributed by atoms with Gasteiger partial charge < -0.3 is 20.1 Å². The number of amides is 3. The monoisotopic (exact) mass is 670 g/mol. The predicted molar refractivity (Wildman–Crippen MR) is 161 cm³/mol. The molecule has 7 atom stereocenters. The van der Waals surface area contributed by atoms with Crippen molar-refractivity contribution in [3.8, 4) is 5.75 Å². The molecule has 5 N–H and O–H groups in total.